The number of sulfonamides is 1. The van der Waals surface area contributed by atoms with Crippen LogP contribution in [0.2, 0.25) is 0 Å². The van der Waals surface area contributed by atoms with E-state index >= 15 is 0 Å². The number of nitrogens with zero attached hydrogens (tertiary/aromatic N) is 1. The maximum absolute atomic E-state index is 13.5. The Labute approximate surface area is 210 Å². The van der Waals surface area contributed by atoms with Crippen LogP contribution in [0.25, 0.3) is 0 Å². The summed E-state index contributed by atoms with van der Waals surface area (Å²) in [5, 5.41) is 2.79. The molecule has 0 fully saturated rings. The molecule has 190 valence electrons. The molecule has 1 N–H and O–H groups in total. The van der Waals surface area contributed by atoms with Crippen molar-refractivity contribution in [1.29, 1.82) is 0 Å². The van der Waals surface area contributed by atoms with E-state index in [1.165, 1.54) is 30.3 Å². The van der Waals surface area contributed by atoms with Crippen LogP contribution in [0.3, 0.4) is 0 Å². The van der Waals surface area contributed by atoms with Gasteiger partial charge in [-0.2, -0.15) is 0 Å². The molecule has 1 amide bonds. The predicted molar refractivity (Wildman–Crippen MR) is 135 cm³/mol. The van der Waals surface area contributed by atoms with E-state index in [1.54, 1.807) is 49.4 Å². The van der Waals surface area contributed by atoms with Crippen LogP contribution in [0, 0.1) is 0 Å². The van der Waals surface area contributed by atoms with Crippen molar-refractivity contribution in [3.8, 4) is 11.5 Å². The molecule has 0 radical (unpaired) electrons. The Morgan fingerprint density at radius 2 is 1.53 bits per heavy atom. The summed E-state index contributed by atoms with van der Waals surface area (Å²) in [4.78, 5) is 13.2. The second-order valence-electron chi connectivity index (χ2n) is 8.28. The number of hydrogen-bond donors (Lipinski definition) is 1. The first kappa shape index (κ1) is 25.5. The summed E-state index contributed by atoms with van der Waals surface area (Å²) in [7, 11) is -7.43. The number of fused-ring (bicyclic) bond motifs is 1. The van der Waals surface area contributed by atoms with Crippen molar-refractivity contribution in [2.45, 2.75) is 22.8 Å². The van der Waals surface area contributed by atoms with Gasteiger partial charge in [0.1, 0.15) is 19.8 Å². The van der Waals surface area contributed by atoms with E-state index in [9.17, 15) is 21.6 Å². The molecule has 0 spiro atoms. The lowest BCUT2D eigenvalue weighted by atomic mass is 10.1. The minimum atomic E-state index is -4.09. The highest BCUT2D eigenvalue weighted by Gasteiger charge is 2.29. The molecule has 3 aromatic rings. The number of carbonyl (C=O) groups excluding carboxylic acids is 1. The number of rotatable bonds is 8. The summed E-state index contributed by atoms with van der Waals surface area (Å²) in [5.74, 6) is 0.355. The van der Waals surface area contributed by atoms with Gasteiger partial charge < -0.3 is 14.8 Å². The van der Waals surface area contributed by atoms with Crippen molar-refractivity contribution in [3.63, 3.8) is 0 Å². The molecular weight excluding hydrogens is 504 g/mol. The summed E-state index contributed by atoms with van der Waals surface area (Å²) < 4.78 is 62.6. The van der Waals surface area contributed by atoms with Crippen molar-refractivity contribution in [2.75, 3.05) is 30.3 Å². The van der Waals surface area contributed by atoms with Gasteiger partial charge in [0.05, 0.1) is 21.5 Å². The van der Waals surface area contributed by atoms with Crippen molar-refractivity contribution in [1.82, 2.24) is 5.32 Å². The summed E-state index contributed by atoms with van der Waals surface area (Å²) in [6.07, 6.45) is 1.12. The number of nitrogens with one attached hydrogen (secondary N) is 1. The van der Waals surface area contributed by atoms with Gasteiger partial charge in [-0.25, -0.2) is 16.8 Å². The maximum Gasteiger partial charge on any atom is 0.264 e. The van der Waals surface area contributed by atoms with Crippen LogP contribution >= 0.6 is 0 Å². The number of sulfone groups is 1. The number of ether oxygens (including phenoxy) is 2. The average Bonchev–Trinajstić information content (AvgIpc) is 2.87. The molecule has 0 bridgehead atoms. The molecule has 0 aromatic heterocycles. The molecule has 1 atom stereocenters. The van der Waals surface area contributed by atoms with Crippen molar-refractivity contribution < 1.29 is 31.1 Å². The van der Waals surface area contributed by atoms with Gasteiger partial charge in [-0.1, -0.05) is 30.3 Å². The first-order chi connectivity index (χ1) is 17.1. The third kappa shape index (κ3) is 5.63. The van der Waals surface area contributed by atoms with Crippen LogP contribution in [0.4, 0.5) is 5.69 Å². The van der Waals surface area contributed by atoms with Gasteiger partial charge in [-0.05, 0) is 48.9 Å². The number of carbonyl (C=O) groups is 1. The van der Waals surface area contributed by atoms with Crippen LogP contribution in [0.5, 0.6) is 11.5 Å². The van der Waals surface area contributed by atoms with E-state index in [-0.39, 0.29) is 15.5 Å². The lowest BCUT2D eigenvalue weighted by Gasteiger charge is -2.27. The van der Waals surface area contributed by atoms with E-state index in [2.05, 4.69) is 5.32 Å². The molecule has 0 saturated carbocycles. The minimum absolute atomic E-state index is 0.0390. The van der Waals surface area contributed by atoms with Gasteiger partial charge in [0.2, 0.25) is 5.91 Å². The first-order valence-corrected chi connectivity index (χ1v) is 14.5. The third-order valence-electron chi connectivity index (χ3n) is 5.62. The standard InChI is InChI=1S/C25H26N2O7S2/c1-18(19-8-11-21(12-9-19)35(2,29)30)26-25(28)17-27(36(31,32)22-6-4-3-5-7-22)20-10-13-23-24(16-20)34-15-14-33-23/h3-13,16,18H,14-15,17H2,1-2H3,(H,26,28)/t18-/m1/s1. The van der Waals surface area contributed by atoms with Crippen LogP contribution in [0.15, 0.2) is 82.6 Å². The third-order valence-corrected chi connectivity index (χ3v) is 8.53. The van der Waals surface area contributed by atoms with Gasteiger partial charge in [0, 0.05) is 12.3 Å². The van der Waals surface area contributed by atoms with Crippen molar-refractivity contribution >= 4 is 31.5 Å². The van der Waals surface area contributed by atoms with Gasteiger partial charge in [-0.3, -0.25) is 9.10 Å². The second kappa shape index (κ2) is 10.2. The zero-order valence-corrected chi connectivity index (χ0v) is 21.4. The quantitative estimate of drug-likeness (QED) is 0.476. The van der Waals surface area contributed by atoms with Crippen LogP contribution in [-0.4, -0.2) is 48.8 Å². The molecule has 0 saturated heterocycles. The van der Waals surface area contributed by atoms with Crippen molar-refractivity contribution in [3.05, 3.63) is 78.4 Å². The fraction of sp³-hybridized carbons (Fsp3) is 0.240. The topological polar surface area (TPSA) is 119 Å². The number of hydrogen-bond acceptors (Lipinski definition) is 7. The van der Waals surface area contributed by atoms with E-state index in [0.717, 1.165) is 10.6 Å². The molecule has 9 nitrogen and oxygen atoms in total. The summed E-state index contributed by atoms with van der Waals surface area (Å²) >= 11 is 0. The molecule has 4 rings (SSSR count). The molecule has 1 aliphatic heterocycles. The summed E-state index contributed by atoms with van der Waals surface area (Å²) in [6, 6.07) is 18.2. The van der Waals surface area contributed by atoms with Crippen LogP contribution < -0.4 is 19.1 Å². The fourth-order valence-electron chi connectivity index (χ4n) is 3.73. The molecule has 3 aromatic carbocycles. The smallest absolute Gasteiger partial charge is 0.264 e. The Morgan fingerprint density at radius 1 is 0.889 bits per heavy atom. The highest BCUT2D eigenvalue weighted by atomic mass is 32.2. The van der Waals surface area contributed by atoms with Gasteiger partial charge in [-0.15, -0.1) is 0 Å². The Bertz CT molecular complexity index is 1460. The zero-order valence-electron chi connectivity index (χ0n) is 19.7. The SMILES string of the molecule is C[C@@H](NC(=O)CN(c1ccc2c(c1)OCCO2)S(=O)(=O)c1ccccc1)c1ccc(S(C)(=O)=O)cc1. The van der Waals surface area contributed by atoms with Gasteiger partial charge in [0.25, 0.3) is 10.0 Å². The van der Waals surface area contributed by atoms with E-state index < -0.39 is 38.4 Å². The highest BCUT2D eigenvalue weighted by molar-refractivity contribution is 7.93. The van der Waals surface area contributed by atoms with Crippen LogP contribution in [-0.2, 0) is 24.7 Å². The minimum Gasteiger partial charge on any atom is -0.486 e. The van der Waals surface area contributed by atoms with Gasteiger partial charge >= 0.3 is 0 Å². The van der Waals surface area contributed by atoms with Crippen LogP contribution in [0.1, 0.15) is 18.5 Å². The van der Waals surface area contributed by atoms with E-state index in [1.807, 2.05) is 0 Å². The monoisotopic (exact) mass is 530 g/mol. The van der Waals surface area contributed by atoms with E-state index in [4.69, 9.17) is 9.47 Å². The Kier molecular flexibility index (Phi) is 7.23. The number of anilines is 1. The summed E-state index contributed by atoms with van der Waals surface area (Å²) in [5.41, 5.74) is 0.927. The normalized spacial score (nSPS) is 14.1. The van der Waals surface area contributed by atoms with Gasteiger partial charge in [0.15, 0.2) is 21.3 Å². The molecule has 0 aliphatic carbocycles. The Balaban J connectivity index is 1.60. The average molecular weight is 531 g/mol. The lowest BCUT2D eigenvalue weighted by Crippen LogP contribution is -2.41. The lowest BCUT2D eigenvalue weighted by molar-refractivity contribution is -0.120. The Hall–Kier alpha value is -3.57. The number of amides is 1. The maximum atomic E-state index is 13.5. The summed E-state index contributed by atoms with van der Waals surface area (Å²) in [6.45, 7) is 1.97. The molecule has 11 heteroatoms. The largest absolute Gasteiger partial charge is 0.486 e. The number of benzene rings is 3. The molecular formula is C25H26N2O7S2. The fourth-order valence-corrected chi connectivity index (χ4v) is 5.79. The highest BCUT2D eigenvalue weighted by Crippen LogP contribution is 2.35. The molecule has 1 heterocycles. The van der Waals surface area contributed by atoms with Crippen molar-refractivity contribution in [2.24, 2.45) is 0 Å². The Morgan fingerprint density at radius 3 is 2.17 bits per heavy atom. The predicted octanol–water partition coefficient (Wildman–Crippen LogP) is 2.93. The first-order valence-electron chi connectivity index (χ1n) is 11.1. The van der Waals surface area contributed by atoms with E-state index in [0.29, 0.717) is 30.3 Å². The zero-order chi connectivity index (χ0) is 25.9. The molecule has 36 heavy (non-hydrogen) atoms. The second-order valence-corrected chi connectivity index (χ2v) is 12.2. The molecule has 0 unspecified atom stereocenters. The molecule has 1 aliphatic rings.